The van der Waals surface area contributed by atoms with Gasteiger partial charge >= 0.3 is 11.9 Å². The zero-order valence-electron chi connectivity index (χ0n) is 14.9. The zero-order chi connectivity index (χ0) is 19.0. The van der Waals surface area contributed by atoms with E-state index in [9.17, 15) is 19.2 Å². The topological polar surface area (TPSA) is 90.0 Å². The van der Waals surface area contributed by atoms with E-state index in [1.807, 2.05) is 0 Å². The highest BCUT2D eigenvalue weighted by molar-refractivity contribution is 6.02. The van der Waals surface area contributed by atoms with Crippen molar-refractivity contribution in [3.63, 3.8) is 0 Å². The van der Waals surface area contributed by atoms with Gasteiger partial charge in [-0.1, -0.05) is 0 Å². The van der Waals surface area contributed by atoms with Gasteiger partial charge in [-0.15, -0.1) is 0 Å². The maximum absolute atomic E-state index is 12.4. The van der Waals surface area contributed by atoms with Crippen LogP contribution in [0.1, 0.15) is 37.6 Å². The van der Waals surface area contributed by atoms with Crippen LogP contribution in [-0.2, 0) is 23.9 Å². The molecule has 0 aliphatic heterocycles. The lowest BCUT2D eigenvalue weighted by atomic mass is 10.0. The molecule has 0 aliphatic rings. The lowest BCUT2D eigenvalue weighted by molar-refractivity contribution is -0.163. The van der Waals surface area contributed by atoms with E-state index in [1.165, 1.54) is 18.9 Å². The monoisotopic (exact) mass is 349 g/mol. The first kappa shape index (κ1) is 20.3. The molecule has 0 spiro atoms. The average molecular weight is 349 g/mol. The van der Waals surface area contributed by atoms with Crippen molar-refractivity contribution < 1.29 is 28.7 Å². The molecule has 0 aromatic heterocycles. The summed E-state index contributed by atoms with van der Waals surface area (Å²) >= 11 is 0. The van der Waals surface area contributed by atoms with Crippen LogP contribution >= 0.6 is 0 Å². The number of benzene rings is 1. The molecule has 1 aromatic carbocycles. The van der Waals surface area contributed by atoms with Gasteiger partial charge in [0.15, 0.2) is 11.7 Å². The summed E-state index contributed by atoms with van der Waals surface area (Å²) in [6.45, 7) is 4.89. The van der Waals surface area contributed by atoms with E-state index in [1.54, 1.807) is 38.1 Å². The molecule has 25 heavy (non-hydrogen) atoms. The van der Waals surface area contributed by atoms with Crippen molar-refractivity contribution in [1.82, 2.24) is 0 Å². The van der Waals surface area contributed by atoms with Gasteiger partial charge in [0.1, 0.15) is 0 Å². The maximum atomic E-state index is 12.4. The number of carbonyl (C=O) groups is 4. The molecule has 1 rings (SSSR count). The van der Waals surface area contributed by atoms with Gasteiger partial charge < -0.3 is 14.4 Å². The molecule has 1 aromatic rings. The third-order valence-corrected chi connectivity index (χ3v) is 3.56. The Kier molecular flexibility index (Phi) is 7.78. The number of esters is 2. The summed E-state index contributed by atoms with van der Waals surface area (Å²) in [7, 11) is 1.53. The summed E-state index contributed by atoms with van der Waals surface area (Å²) < 4.78 is 9.70. The molecule has 136 valence electrons. The number of anilines is 1. The quantitative estimate of drug-likeness (QED) is 0.405. The van der Waals surface area contributed by atoms with E-state index in [-0.39, 0.29) is 25.4 Å². The van der Waals surface area contributed by atoms with Gasteiger partial charge in [-0.2, -0.15) is 0 Å². The first-order valence-corrected chi connectivity index (χ1v) is 8.02. The lowest BCUT2D eigenvalue weighted by Crippen LogP contribution is -2.35. The van der Waals surface area contributed by atoms with Crippen LogP contribution < -0.4 is 4.90 Å². The van der Waals surface area contributed by atoms with Crippen molar-refractivity contribution in [3.05, 3.63) is 29.8 Å². The van der Waals surface area contributed by atoms with Crippen LogP contribution in [0.4, 0.5) is 5.69 Å². The number of ether oxygens (including phenoxy) is 2. The second-order valence-corrected chi connectivity index (χ2v) is 5.32. The van der Waals surface area contributed by atoms with E-state index >= 15 is 0 Å². The van der Waals surface area contributed by atoms with E-state index < -0.39 is 23.8 Å². The summed E-state index contributed by atoms with van der Waals surface area (Å²) in [4.78, 5) is 48.9. The Morgan fingerprint density at radius 3 is 1.84 bits per heavy atom. The third-order valence-electron chi connectivity index (χ3n) is 3.56. The minimum absolute atomic E-state index is 0.0785. The second kappa shape index (κ2) is 9.56. The molecule has 0 aliphatic carbocycles. The van der Waals surface area contributed by atoms with Gasteiger partial charge in [0.05, 0.1) is 19.6 Å². The van der Waals surface area contributed by atoms with Crippen LogP contribution in [0.25, 0.3) is 0 Å². The van der Waals surface area contributed by atoms with Gasteiger partial charge in [0, 0.05) is 18.3 Å². The van der Waals surface area contributed by atoms with Gasteiger partial charge in [0.2, 0.25) is 5.91 Å². The molecule has 0 fully saturated rings. The fraction of sp³-hybridized carbons (Fsp3) is 0.444. The van der Waals surface area contributed by atoms with Crippen LogP contribution in [0.2, 0.25) is 0 Å². The highest BCUT2D eigenvalue weighted by Gasteiger charge is 2.33. The first-order valence-electron chi connectivity index (χ1n) is 8.02. The Balaban J connectivity index is 2.88. The van der Waals surface area contributed by atoms with Crippen LogP contribution in [0.5, 0.6) is 0 Å². The summed E-state index contributed by atoms with van der Waals surface area (Å²) in [5.74, 6) is -3.39. The Hall–Kier alpha value is -2.70. The summed E-state index contributed by atoms with van der Waals surface area (Å²) in [6, 6.07) is 6.46. The van der Waals surface area contributed by atoms with Crippen LogP contribution in [0.3, 0.4) is 0 Å². The van der Waals surface area contributed by atoms with Crippen LogP contribution in [0.15, 0.2) is 24.3 Å². The van der Waals surface area contributed by atoms with Crippen LogP contribution in [-0.4, -0.2) is 43.9 Å². The van der Waals surface area contributed by atoms with E-state index in [0.717, 1.165) is 0 Å². The van der Waals surface area contributed by atoms with Crippen molar-refractivity contribution in [2.24, 2.45) is 5.92 Å². The van der Waals surface area contributed by atoms with Crippen molar-refractivity contribution in [2.75, 3.05) is 25.2 Å². The summed E-state index contributed by atoms with van der Waals surface area (Å²) in [5.41, 5.74) is 1.07. The number of carbonyl (C=O) groups excluding carboxylic acids is 4. The summed E-state index contributed by atoms with van der Waals surface area (Å²) in [6.07, 6.45) is -0.359. The smallest absolute Gasteiger partial charge is 0.320 e. The van der Waals surface area contributed by atoms with Gasteiger partial charge in [-0.25, -0.2) is 0 Å². The molecule has 7 heteroatoms. The zero-order valence-corrected chi connectivity index (χ0v) is 14.9. The minimum Gasteiger partial charge on any atom is -0.465 e. The normalized spacial score (nSPS) is 10.3. The molecule has 0 bridgehead atoms. The number of amides is 1. The van der Waals surface area contributed by atoms with E-state index in [2.05, 4.69) is 0 Å². The Morgan fingerprint density at radius 1 is 0.960 bits per heavy atom. The highest BCUT2D eigenvalue weighted by Crippen LogP contribution is 2.18. The highest BCUT2D eigenvalue weighted by atomic mass is 16.6. The molecule has 7 nitrogen and oxygen atoms in total. The first-order chi connectivity index (χ1) is 11.8. The standard InChI is InChI=1S/C18H23NO6/c1-5-24-17(22)15(18(23)25-6-2)11-16(21)19(4)14-9-7-13(8-10-14)12(3)20/h7-10,15H,5-6,11H2,1-4H3. The average Bonchev–Trinajstić information content (AvgIpc) is 2.59. The Morgan fingerprint density at radius 2 is 1.44 bits per heavy atom. The predicted octanol–water partition coefficient (Wildman–Crippen LogP) is 1.98. The minimum atomic E-state index is -1.30. The molecule has 1 amide bonds. The van der Waals surface area contributed by atoms with Crippen molar-refractivity contribution in [1.29, 1.82) is 0 Å². The molecule has 0 saturated carbocycles. The van der Waals surface area contributed by atoms with Gasteiger partial charge in [0.25, 0.3) is 0 Å². The lowest BCUT2D eigenvalue weighted by Gasteiger charge is -2.20. The summed E-state index contributed by atoms with van der Waals surface area (Å²) in [5, 5.41) is 0. The number of Topliss-reactive ketones (excluding diaryl/α,β-unsaturated/α-hetero) is 1. The number of rotatable bonds is 8. The molecule has 0 N–H and O–H groups in total. The predicted molar refractivity (Wildman–Crippen MR) is 91.2 cm³/mol. The largest absolute Gasteiger partial charge is 0.465 e. The Bertz CT molecular complexity index is 619. The van der Waals surface area contributed by atoms with Crippen LogP contribution in [0, 0.1) is 5.92 Å². The SMILES string of the molecule is CCOC(=O)C(CC(=O)N(C)c1ccc(C(C)=O)cc1)C(=O)OCC. The second-order valence-electron chi connectivity index (χ2n) is 5.32. The van der Waals surface area contributed by atoms with Crippen molar-refractivity contribution >= 4 is 29.3 Å². The number of hydrogen-bond donors (Lipinski definition) is 0. The van der Waals surface area contributed by atoms with E-state index in [4.69, 9.17) is 9.47 Å². The van der Waals surface area contributed by atoms with E-state index in [0.29, 0.717) is 11.3 Å². The third kappa shape index (κ3) is 5.70. The fourth-order valence-corrected chi connectivity index (χ4v) is 2.12. The van der Waals surface area contributed by atoms with Gasteiger partial charge in [-0.3, -0.25) is 19.2 Å². The Labute approximate surface area is 146 Å². The van der Waals surface area contributed by atoms with Crippen molar-refractivity contribution in [3.8, 4) is 0 Å². The molecule has 0 heterocycles. The fourth-order valence-electron chi connectivity index (χ4n) is 2.12. The number of hydrogen-bond acceptors (Lipinski definition) is 6. The molecule has 0 radical (unpaired) electrons. The maximum Gasteiger partial charge on any atom is 0.320 e. The molecular weight excluding hydrogens is 326 g/mol. The van der Waals surface area contributed by atoms with Gasteiger partial charge in [-0.05, 0) is 45.0 Å². The molecule has 0 saturated heterocycles. The number of ketones is 1. The molecular formula is C18H23NO6. The number of nitrogens with zero attached hydrogens (tertiary/aromatic N) is 1. The van der Waals surface area contributed by atoms with Crippen molar-refractivity contribution in [2.45, 2.75) is 27.2 Å². The molecule has 0 atom stereocenters. The molecule has 0 unspecified atom stereocenters.